The third-order valence-electron chi connectivity index (χ3n) is 3.45. The van der Waals surface area contributed by atoms with Crippen LogP contribution in [0.5, 0.6) is 0 Å². The van der Waals surface area contributed by atoms with Crippen molar-refractivity contribution in [2.24, 2.45) is 0 Å². The SMILES string of the molecule is O=C(NC1CC1)C(Nc1cccc(I)c1)c1ccccc1. The molecule has 0 aliphatic heterocycles. The van der Waals surface area contributed by atoms with E-state index in [0.717, 1.165) is 27.7 Å². The molecule has 108 valence electrons. The average Bonchev–Trinajstić information content (AvgIpc) is 3.29. The van der Waals surface area contributed by atoms with Gasteiger partial charge >= 0.3 is 0 Å². The molecule has 3 rings (SSSR count). The van der Waals surface area contributed by atoms with Crippen LogP contribution in [0.25, 0.3) is 0 Å². The third-order valence-corrected chi connectivity index (χ3v) is 4.13. The second kappa shape index (κ2) is 6.47. The maximum atomic E-state index is 12.5. The smallest absolute Gasteiger partial charge is 0.247 e. The minimum atomic E-state index is -0.356. The number of rotatable bonds is 5. The van der Waals surface area contributed by atoms with Crippen LogP contribution in [-0.2, 0) is 4.79 Å². The molecule has 4 heteroatoms. The molecule has 0 spiro atoms. The number of nitrogens with one attached hydrogen (secondary N) is 2. The summed E-state index contributed by atoms with van der Waals surface area (Å²) in [4.78, 5) is 12.5. The zero-order chi connectivity index (χ0) is 14.7. The largest absolute Gasteiger partial charge is 0.370 e. The lowest BCUT2D eigenvalue weighted by Gasteiger charge is -2.20. The van der Waals surface area contributed by atoms with Gasteiger partial charge in [-0.05, 0) is 59.2 Å². The average molecular weight is 392 g/mol. The van der Waals surface area contributed by atoms with Gasteiger partial charge in [-0.2, -0.15) is 0 Å². The van der Waals surface area contributed by atoms with E-state index in [-0.39, 0.29) is 11.9 Å². The topological polar surface area (TPSA) is 41.1 Å². The van der Waals surface area contributed by atoms with E-state index in [1.165, 1.54) is 0 Å². The zero-order valence-electron chi connectivity index (χ0n) is 11.6. The second-order valence-electron chi connectivity index (χ2n) is 5.28. The van der Waals surface area contributed by atoms with E-state index in [4.69, 9.17) is 0 Å². The van der Waals surface area contributed by atoms with Gasteiger partial charge in [0.1, 0.15) is 6.04 Å². The summed E-state index contributed by atoms with van der Waals surface area (Å²) in [6.07, 6.45) is 2.19. The first kappa shape index (κ1) is 14.4. The number of amides is 1. The molecule has 1 unspecified atom stereocenters. The molecule has 21 heavy (non-hydrogen) atoms. The normalized spacial score (nSPS) is 15.3. The van der Waals surface area contributed by atoms with Crippen molar-refractivity contribution < 1.29 is 4.79 Å². The first-order valence-electron chi connectivity index (χ1n) is 7.10. The minimum Gasteiger partial charge on any atom is -0.370 e. The Morgan fingerprint density at radius 3 is 2.52 bits per heavy atom. The van der Waals surface area contributed by atoms with Crippen LogP contribution in [0.3, 0.4) is 0 Å². The highest BCUT2D eigenvalue weighted by Gasteiger charge is 2.28. The molecular formula is C17H17IN2O. The summed E-state index contributed by atoms with van der Waals surface area (Å²) in [6.45, 7) is 0. The Balaban J connectivity index is 1.82. The van der Waals surface area contributed by atoms with E-state index in [2.05, 4.69) is 33.2 Å². The van der Waals surface area contributed by atoms with E-state index in [9.17, 15) is 4.79 Å². The Hall–Kier alpha value is -1.56. The fourth-order valence-electron chi connectivity index (χ4n) is 2.20. The second-order valence-corrected chi connectivity index (χ2v) is 6.53. The van der Waals surface area contributed by atoms with Crippen molar-refractivity contribution in [3.05, 3.63) is 63.7 Å². The van der Waals surface area contributed by atoms with E-state index in [0.29, 0.717) is 6.04 Å². The highest BCUT2D eigenvalue weighted by molar-refractivity contribution is 14.1. The highest BCUT2D eigenvalue weighted by Crippen LogP contribution is 2.24. The van der Waals surface area contributed by atoms with E-state index >= 15 is 0 Å². The van der Waals surface area contributed by atoms with Gasteiger partial charge in [0, 0.05) is 15.3 Å². The van der Waals surface area contributed by atoms with Crippen LogP contribution in [0.4, 0.5) is 5.69 Å². The van der Waals surface area contributed by atoms with Crippen molar-refractivity contribution in [3.63, 3.8) is 0 Å². The van der Waals surface area contributed by atoms with Crippen LogP contribution in [-0.4, -0.2) is 11.9 Å². The predicted molar refractivity (Wildman–Crippen MR) is 93.1 cm³/mol. The van der Waals surface area contributed by atoms with Crippen LogP contribution in [0.1, 0.15) is 24.4 Å². The van der Waals surface area contributed by atoms with E-state index in [1.54, 1.807) is 0 Å². The molecule has 1 atom stereocenters. The van der Waals surface area contributed by atoms with Gasteiger partial charge in [-0.3, -0.25) is 4.79 Å². The van der Waals surface area contributed by atoms with Crippen molar-refractivity contribution in [2.75, 3.05) is 5.32 Å². The Labute approximate surface area is 138 Å². The maximum absolute atomic E-state index is 12.5. The molecule has 1 amide bonds. The van der Waals surface area contributed by atoms with Crippen LogP contribution in [0.2, 0.25) is 0 Å². The van der Waals surface area contributed by atoms with E-state index in [1.807, 2.05) is 54.6 Å². The third kappa shape index (κ3) is 3.97. The zero-order valence-corrected chi connectivity index (χ0v) is 13.7. The van der Waals surface area contributed by atoms with Gasteiger partial charge in [0.25, 0.3) is 0 Å². The van der Waals surface area contributed by atoms with Crippen molar-refractivity contribution in [2.45, 2.75) is 24.9 Å². The fraction of sp³-hybridized carbons (Fsp3) is 0.235. The molecule has 1 aliphatic rings. The number of carbonyl (C=O) groups excluding carboxylic acids is 1. The maximum Gasteiger partial charge on any atom is 0.247 e. The van der Waals surface area contributed by atoms with Gasteiger partial charge in [0.05, 0.1) is 0 Å². The number of carbonyl (C=O) groups is 1. The summed E-state index contributed by atoms with van der Waals surface area (Å²) in [5.74, 6) is 0.0440. The van der Waals surface area contributed by atoms with Crippen molar-refractivity contribution in [1.29, 1.82) is 0 Å². The molecule has 0 radical (unpaired) electrons. The first-order valence-corrected chi connectivity index (χ1v) is 8.18. The summed E-state index contributed by atoms with van der Waals surface area (Å²) < 4.78 is 1.15. The molecule has 2 N–H and O–H groups in total. The lowest BCUT2D eigenvalue weighted by atomic mass is 10.1. The molecule has 3 nitrogen and oxygen atoms in total. The molecule has 1 aliphatic carbocycles. The number of hydrogen-bond acceptors (Lipinski definition) is 2. The lowest BCUT2D eigenvalue weighted by Crippen LogP contribution is -2.34. The Morgan fingerprint density at radius 1 is 1.10 bits per heavy atom. The number of anilines is 1. The highest BCUT2D eigenvalue weighted by atomic mass is 127. The Morgan fingerprint density at radius 2 is 1.86 bits per heavy atom. The fourth-order valence-corrected chi connectivity index (χ4v) is 2.75. The van der Waals surface area contributed by atoms with Crippen molar-refractivity contribution >= 4 is 34.2 Å². The van der Waals surface area contributed by atoms with Gasteiger partial charge in [-0.15, -0.1) is 0 Å². The summed E-state index contributed by atoms with van der Waals surface area (Å²) >= 11 is 2.27. The van der Waals surface area contributed by atoms with Crippen LogP contribution < -0.4 is 10.6 Å². The molecule has 0 heterocycles. The van der Waals surface area contributed by atoms with Gasteiger partial charge in [-0.25, -0.2) is 0 Å². The molecule has 1 fully saturated rings. The summed E-state index contributed by atoms with van der Waals surface area (Å²) in [5.41, 5.74) is 1.94. The molecule has 2 aromatic carbocycles. The van der Waals surface area contributed by atoms with Gasteiger partial charge < -0.3 is 10.6 Å². The standard InChI is InChI=1S/C17H17IN2O/c18-13-7-4-8-15(11-13)19-16(12-5-2-1-3-6-12)17(21)20-14-9-10-14/h1-8,11,14,16,19H,9-10H2,(H,20,21). The lowest BCUT2D eigenvalue weighted by molar-refractivity contribution is -0.122. The predicted octanol–water partition coefficient (Wildman–Crippen LogP) is 3.72. The Kier molecular flexibility index (Phi) is 4.43. The monoisotopic (exact) mass is 392 g/mol. The summed E-state index contributed by atoms with van der Waals surface area (Å²) in [6, 6.07) is 17.9. The molecule has 0 bridgehead atoms. The first-order chi connectivity index (χ1) is 10.2. The molecule has 0 aromatic heterocycles. The van der Waals surface area contributed by atoms with Crippen LogP contribution >= 0.6 is 22.6 Å². The van der Waals surface area contributed by atoms with Crippen molar-refractivity contribution in [1.82, 2.24) is 5.32 Å². The van der Waals surface area contributed by atoms with Gasteiger partial charge in [0.15, 0.2) is 0 Å². The molecule has 2 aromatic rings. The van der Waals surface area contributed by atoms with Crippen LogP contribution in [0, 0.1) is 3.57 Å². The number of benzene rings is 2. The molecule has 1 saturated carbocycles. The van der Waals surface area contributed by atoms with Gasteiger partial charge in [0.2, 0.25) is 5.91 Å². The number of hydrogen-bond donors (Lipinski definition) is 2. The Bertz CT molecular complexity index is 626. The van der Waals surface area contributed by atoms with Crippen LogP contribution in [0.15, 0.2) is 54.6 Å². The molecular weight excluding hydrogens is 375 g/mol. The number of halogens is 1. The minimum absolute atomic E-state index is 0.0440. The molecule has 0 saturated heterocycles. The summed E-state index contributed by atoms with van der Waals surface area (Å²) in [5, 5.41) is 6.44. The van der Waals surface area contributed by atoms with E-state index < -0.39 is 0 Å². The van der Waals surface area contributed by atoms with Crippen molar-refractivity contribution in [3.8, 4) is 0 Å². The summed E-state index contributed by atoms with van der Waals surface area (Å²) in [7, 11) is 0. The van der Waals surface area contributed by atoms with Gasteiger partial charge in [-0.1, -0.05) is 36.4 Å². The quantitative estimate of drug-likeness (QED) is 0.762.